The Morgan fingerprint density at radius 2 is 2.19 bits per heavy atom. The van der Waals surface area contributed by atoms with Gasteiger partial charge in [-0.05, 0) is 26.2 Å². The predicted molar refractivity (Wildman–Crippen MR) is 81.4 cm³/mol. The van der Waals surface area contributed by atoms with Crippen molar-refractivity contribution in [3.05, 3.63) is 0 Å². The summed E-state index contributed by atoms with van der Waals surface area (Å²) in [6.45, 7) is 5.17. The number of likely N-dealkylation sites (tertiary alicyclic amines) is 1. The summed E-state index contributed by atoms with van der Waals surface area (Å²) in [4.78, 5) is 27.5. The van der Waals surface area contributed by atoms with E-state index in [0.717, 1.165) is 19.3 Å². The van der Waals surface area contributed by atoms with Crippen molar-refractivity contribution in [2.45, 2.75) is 50.1 Å². The van der Waals surface area contributed by atoms with Crippen LogP contribution in [-0.2, 0) is 9.53 Å². The maximum atomic E-state index is 12.8. The number of carbonyl (C=O) groups is 2. The molecule has 3 atom stereocenters. The molecular weight excluding hydrogens is 292 g/mol. The van der Waals surface area contributed by atoms with E-state index in [0.29, 0.717) is 18.8 Å². The van der Waals surface area contributed by atoms with Gasteiger partial charge in [0.1, 0.15) is 6.04 Å². The van der Waals surface area contributed by atoms with E-state index in [1.165, 1.54) is 0 Å². The van der Waals surface area contributed by atoms with Crippen molar-refractivity contribution in [1.82, 2.24) is 9.80 Å². The number of rotatable bonds is 3. The van der Waals surface area contributed by atoms with Crippen molar-refractivity contribution in [3.8, 4) is 0 Å². The van der Waals surface area contributed by atoms with E-state index in [4.69, 9.17) is 4.74 Å². The molecule has 2 aliphatic rings. The number of carboxylic acid groups (broad SMARTS) is 1. The molecule has 1 N–H and O–H groups in total. The monoisotopic (exact) mass is 316 g/mol. The molecule has 0 aromatic rings. The number of urea groups is 1. The average Bonchev–Trinajstić information content (AvgIpc) is 2.90. The number of methoxy groups -OCH3 is 1. The van der Waals surface area contributed by atoms with Crippen molar-refractivity contribution in [2.24, 2.45) is 0 Å². The summed E-state index contributed by atoms with van der Waals surface area (Å²) >= 11 is 1.55. The molecule has 7 heteroatoms. The number of nitrogens with zero attached hydrogens (tertiary/aromatic N) is 2. The van der Waals surface area contributed by atoms with Crippen LogP contribution in [0.4, 0.5) is 4.79 Å². The molecule has 2 heterocycles. The minimum Gasteiger partial charge on any atom is -0.480 e. The van der Waals surface area contributed by atoms with E-state index in [1.807, 2.05) is 13.8 Å². The highest BCUT2D eigenvalue weighted by atomic mass is 32.2. The normalized spacial score (nSPS) is 33.3. The van der Waals surface area contributed by atoms with Gasteiger partial charge in [0, 0.05) is 19.4 Å². The lowest BCUT2D eigenvalue weighted by molar-refractivity contribution is -0.141. The standard InChI is InChI=1S/C14H24N2O4S/c1-4-11-16(10(8-21-11)12(17)18)13(19)15-7-5-6-14(2,9-15)20-3/h10-11H,4-9H2,1-3H3,(H,17,18). The molecule has 21 heavy (non-hydrogen) atoms. The van der Waals surface area contributed by atoms with Crippen LogP contribution in [0.3, 0.4) is 0 Å². The summed E-state index contributed by atoms with van der Waals surface area (Å²) in [6.07, 6.45) is 2.56. The first kappa shape index (κ1) is 16.4. The molecule has 2 rings (SSSR count). The number of amides is 2. The molecule has 3 unspecified atom stereocenters. The van der Waals surface area contributed by atoms with Crippen molar-refractivity contribution in [3.63, 3.8) is 0 Å². The quantitative estimate of drug-likeness (QED) is 0.860. The summed E-state index contributed by atoms with van der Waals surface area (Å²) in [7, 11) is 1.66. The molecule has 0 aliphatic carbocycles. The third-order valence-electron chi connectivity index (χ3n) is 4.37. The molecule has 0 saturated carbocycles. The van der Waals surface area contributed by atoms with E-state index in [1.54, 1.807) is 28.7 Å². The third-order valence-corrected chi connectivity index (χ3v) is 5.82. The molecule has 0 aromatic heterocycles. The SMILES string of the molecule is CCC1SCC(C(=O)O)N1C(=O)N1CCCC(C)(OC)C1. The van der Waals surface area contributed by atoms with Crippen LogP contribution in [-0.4, -0.2) is 69.9 Å². The zero-order valence-electron chi connectivity index (χ0n) is 12.9. The van der Waals surface area contributed by atoms with Crippen LogP contribution in [0.15, 0.2) is 0 Å². The summed E-state index contributed by atoms with van der Waals surface area (Å²) in [5.74, 6) is -0.451. The van der Waals surface area contributed by atoms with Crippen molar-refractivity contribution in [1.29, 1.82) is 0 Å². The lowest BCUT2D eigenvalue weighted by Crippen LogP contribution is -2.57. The first-order valence-electron chi connectivity index (χ1n) is 7.38. The molecule has 0 bridgehead atoms. The number of piperidine rings is 1. The maximum absolute atomic E-state index is 12.8. The van der Waals surface area contributed by atoms with E-state index >= 15 is 0 Å². The molecule has 6 nitrogen and oxygen atoms in total. The van der Waals surface area contributed by atoms with Crippen molar-refractivity contribution in [2.75, 3.05) is 26.0 Å². The van der Waals surface area contributed by atoms with Crippen molar-refractivity contribution < 1.29 is 19.4 Å². The largest absolute Gasteiger partial charge is 0.480 e. The molecule has 120 valence electrons. The fourth-order valence-corrected chi connectivity index (χ4v) is 4.36. The Balaban J connectivity index is 2.14. The Morgan fingerprint density at radius 1 is 1.48 bits per heavy atom. The predicted octanol–water partition coefficient (Wildman–Crippen LogP) is 1.85. The van der Waals surface area contributed by atoms with Gasteiger partial charge in [-0.3, -0.25) is 4.90 Å². The number of ether oxygens (including phenoxy) is 1. The second-order valence-electron chi connectivity index (χ2n) is 5.92. The Hall–Kier alpha value is -0.950. The Morgan fingerprint density at radius 3 is 2.76 bits per heavy atom. The van der Waals surface area contributed by atoms with E-state index < -0.39 is 12.0 Å². The molecule has 2 amide bonds. The molecule has 2 saturated heterocycles. The van der Waals surface area contributed by atoms with Crippen LogP contribution < -0.4 is 0 Å². The first-order chi connectivity index (χ1) is 9.91. The fourth-order valence-electron chi connectivity index (χ4n) is 3.02. The van der Waals surface area contributed by atoms with E-state index in [2.05, 4.69) is 0 Å². The Labute approximate surface area is 129 Å². The first-order valence-corrected chi connectivity index (χ1v) is 8.43. The van der Waals surface area contributed by atoms with Gasteiger partial charge < -0.3 is 14.7 Å². The number of hydrogen-bond donors (Lipinski definition) is 1. The van der Waals surface area contributed by atoms with Gasteiger partial charge in [0.25, 0.3) is 0 Å². The lowest BCUT2D eigenvalue weighted by Gasteiger charge is -2.42. The van der Waals surface area contributed by atoms with Gasteiger partial charge in [-0.15, -0.1) is 11.8 Å². The van der Waals surface area contributed by atoms with Gasteiger partial charge in [0.05, 0.1) is 17.5 Å². The number of hydrogen-bond acceptors (Lipinski definition) is 4. The summed E-state index contributed by atoms with van der Waals surface area (Å²) in [5, 5.41) is 9.30. The van der Waals surface area contributed by atoms with Gasteiger partial charge in [-0.25, -0.2) is 9.59 Å². The summed E-state index contributed by atoms with van der Waals surface area (Å²) < 4.78 is 5.52. The minimum absolute atomic E-state index is 0.0469. The molecule has 0 spiro atoms. The number of aliphatic carboxylic acids is 1. The van der Waals surface area contributed by atoms with E-state index in [9.17, 15) is 14.7 Å². The van der Waals surface area contributed by atoms with Crippen LogP contribution in [0.25, 0.3) is 0 Å². The zero-order valence-corrected chi connectivity index (χ0v) is 13.7. The van der Waals surface area contributed by atoms with Crippen LogP contribution in [0.1, 0.15) is 33.1 Å². The molecule has 2 fully saturated rings. The summed E-state index contributed by atoms with van der Waals surface area (Å²) in [6, 6.07) is -0.884. The van der Waals surface area contributed by atoms with Crippen LogP contribution in [0.5, 0.6) is 0 Å². The van der Waals surface area contributed by atoms with Gasteiger partial charge in [0.2, 0.25) is 0 Å². The zero-order chi connectivity index (χ0) is 15.6. The van der Waals surface area contributed by atoms with Gasteiger partial charge >= 0.3 is 12.0 Å². The molecule has 2 aliphatic heterocycles. The highest BCUT2D eigenvalue weighted by Crippen LogP contribution is 2.34. The van der Waals surface area contributed by atoms with Gasteiger partial charge in [0.15, 0.2) is 0 Å². The van der Waals surface area contributed by atoms with Crippen LogP contribution in [0.2, 0.25) is 0 Å². The van der Waals surface area contributed by atoms with Crippen LogP contribution >= 0.6 is 11.8 Å². The fraction of sp³-hybridized carbons (Fsp3) is 0.857. The van der Waals surface area contributed by atoms with Gasteiger partial charge in [-0.2, -0.15) is 0 Å². The maximum Gasteiger partial charge on any atom is 0.327 e. The topological polar surface area (TPSA) is 70.1 Å². The third kappa shape index (κ3) is 3.29. The number of thioether (sulfide) groups is 1. The molecule has 0 aromatic carbocycles. The Bertz CT molecular complexity index is 420. The molecular formula is C14H24N2O4S. The smallest absolute Gasteiger partial charge is 0.327 e. The molecule has 0 radical (unpaired) electrons. The van der Waals surface area contributed by atoms with E-state index in [-0.39, 0.29) is 17.0 Å². The number of carbonyl (C=O) groups excluding carboxylic acids is 1. The van der Waals surface area contributed by atoms with Crippen LogP contribution in [0, 0.1) is 0 Å². The Kier molecular flexibility index (Phi) is 5.03. The minimum atomic E-state index is -0.918. The van der Waals surface area contributed by atoms with Gasteiger partial charge in [-0.1, -0.05) is 6.92 Å². The second kappa shape index (κ2) is 6.44. The highest BCUT2D eigenvalue weighted by molar-refractivity contribution is 8.00. The summed E-state index contributed by atoms with van der Waals surface area (Å²) in [5.41, 5.74) is -0.332. The number of carboxylic acids is 1. The average molecular weight is 316 g/mol. The lowest BCUT2D eigenvalue weighted by atomic mass is 9.95. The second-order valence-corrected chi connectivity index (χ2v) is 7.13. The highest BCUT2D eigenvalue weighted by Gasteiger charge is 2.44. The van der Waals surface area contributed by atoms with Crippen molar-refractivity contribution >= 4 is 23.8 Å².